The molecular formula is C18H21ClN2O3S. The summed E-state index contributed by atoms with van der Waals surface area (Å²) in [6.07, 6.45) is 2.09. The monoisotopic (exact) mass is 380 g/mol. The molecule has 5 nitrogen and oxygen atoms in total. The fourth-order valence-corrected chi connectivity index (χ4v) is 3.61. The van der Waals surface area contributed by atoms with Gasteiger partial charge in [0.05, 0.1) is 11.8 Å². The van der Waals surface area contributed by atoms with Gasteiger partial charge in [0.2, 0.25) is 5.91 Å². The molecule has 7 heteroatoms. The van der Waals surface area contributed by atoms with Crippen LogP contribution in [0.2, 0.25) is 0 Å². The van der Waals surface area contributed by atoms with E-state index in [9.17, 15) is 13.2 Å². The molecule has 0 radical (unpaired) electrons. The molecule has 0 heterocycles. The van der Waals surface area contributed by atoms with Crippen LogP contribution in [0.1, 0.15) is 17.5 Å². The highest BCUT2D eigenvalue weighted by Crippen LogP contribution is 2.37. The van der Waals surface area contributed by atoms with Gasteiger partial charge in [-0.25, -0.2) is 8.42 Å². The van der Waals surface area contributed by atoms with Crippen LogP contribution in [0.15, 0.2) is 42.5 Å². The Morgan fingerprint density at radius 2 is 1.84 bits per heavy atom. The SMILES string of the molecule is CS(=O)(=O)CCC(N)C(=O)Nc1ccc2c(c1)Cc1ccccc1-2.Cl. The molecule has 1 unspecified atom stereocenters. The normalized spacial score (nSPS) is 13.4. The van der Waals surface area contributed by atoms with Crippen molar-refractivity contribution in [2.24, 2.45) is 5.73 Å². The van der Waals surface area contributed by atoms with Crippen molar-refractivity contribution in [2.45, 2.75) is 18.9 Å². The average Bonchev–Trinajstić information content (AvgIpc) is 2.89. The highest BCUT2D eigenvalue weighted by molar-refractivity contribution is 7.90. The van der Waals surface area contributed by atoms with Crippen molar-refractivity contribution in [1.82, 2.24) is 0 Å². The van der Waals surface area contributed by atoms with E-state index in [0.717, 1.165) is 12.7 Å². The molecule has 3 N–H and O–H groups in total. The minimum atomic E-state index is -3.12. The first-order valence-electron chi connectivity index (χ1n) is 7.79. The molecule has 0 spiro atoms. The zero-order valence-corrected chi connectivity index (χ0v) is 15.5. The molecule has 0 fully saturated rings. The maximum Gasteiger partial charge on any atom is 0.241 e. The van der Waals surface area contributed by atoms with Gasteiger partial charge in [-0.3, -0.25) is 4.79 Å². The van der Waals surface area contributed by atoms with Crippen molar-refractivity contribution in [1.29, 1.82) is 0 Å². The molecule has 1 aliphatic carbocycles. The summed E-state index contributed by atoms with van der Waals surface area (Å²) in [4.78, 5) is 12.1. The number of nitrogens with one attached hydrogen (secondary N) is 1. The minimum absolute atomic E-state index is 0. The summed E-state index contributed by atoms with van der Waals surface area (Å²) < 4.78 is 22.3. The molecule has 0 bridgehead atoms. The Balaban J connectivity index is 0.00000225. The molecule has 0 saturated heterocycles. The summed E-state index contributed by atoms with van der Waals surface area (Å²) >= 11 is 0. The molecule has 1 atom stereocenters. The number of carbonyl (C=O) groups is 1. The Morgan fingerprint density at radius 1 is 1.16 bits per heavy atom. The van der Waals surface area contributed by atoms with E-state index >= 15 is 0 Å². The number of carbonyl (C=O) groups excluding carboxylic acids is 1. The van der Waals surface area contributed by atoms with Gasteiger partial charge in [0.15, 0.2) is 0 Å². The van der Waals surface area contributed by atoms with Gasteiger partial charge in [0.25, 0.3) is 0 Å². The van der Waals surface area contributed by atoms with Crippen molar-refractivity contribution in [2.75, 3.05) is 17.3 Å². The van der Waals surface area contributed by atoms with Crippen molar-refractivity contribution < 1.29 is 13.2 Å². The fourth-order valence-electron chi connectivity index (χ4n) is 2.93. The highest BCUT2D eigenvalue weighted by Gasteiger charge is 2.20. The van der Waals surface area contributed by atoms with Gasteiger partial charge in [-0.1, -0.05) is 30.3 Å². The van der Waals surface area contributed by atoms with Gasteiger partial charge < -0.3 is 11.1 Å². The lowest BCUT2D eigenvalue weighted by Crippen LogP contribution is -2.37. The summed E-state index contributed by atoms with van der Waals surface area (Å²) in [6.45, 7) is 0. The topological polar surface area (TPSA) is 89.3 Å². The van der Waals surface area contributed by atoms with E-state index < -0.39 is 15.9 Å². The molecule has 2 aromatic carbocycles. The second-order valence-electron chi connectivity index (χ2n) is 6.22. The molecule has 0 saturated carbocycles. The quantitative estimate of drug-likeness (QED) is 0.711. The van der Waals surface area contributed by atoms with E-state index in [-0.39, 0.29) is 30.5 Å². The van der Waals surface area contributed by atoms with Crippen LogP contribution in [0.25, 0.3) is 11.1 Å². The molecule has 3 rings (SSSR count). The van der Waals surface area contributed by atoms with Crippen LogP contribution in [0, 0.1) is 0 Å². The first-order chi connectivity index (χ1) is 11.3. The molecule has 2 aromatic rings. The number of amides is 1. The summed E-state index contributed by atoms with van der Waals surface area (Å²) in [5.74, 6) is -0.463. The maximum absolute atomic E-state index is 12.1. The lowest BCUT2D eigenvalue weighted by molar-refractivity contribution is -0.117. The Labute approximate surface area is 154 Å². The first kappa shape index (κ1) is 19.4. The van der Waals surface area contributed by atoms with Gasteiger partial charge in [0, 0.05) is 11.9 Å². The van der Waals surface area contributed by atoms with Gasteiger partial charge in [-0.2, -0.15) is 0 Å². The van der Waals surface area contributed by atoms with Crippen molar-refractivity contribution in [3.8, 4) is 11.1 Å². The van der Waals surface area contributed by atoms with E-state index in [1.165, 1.54) is 22.3 Å². The molecule has 0 aromatic heterocycles. The second-order valence-corrected chi connectivity index (χ2v) is 8.48. The fraction of sp³-hybridized carbons (Fsp3) is 0.278. The van der Waals surface area contributed by atoms with Gasteiger partial charge in [-0.05, 0) is 47.2 Å². The van der Waals surface area contributed by atoms with Crippen molar-refractivity contribution in [3.63, 3.8) is 0 Å². The zero-order chi connectivity index (χ0) is 17.3. The van der Waals surface area contributed by atoms with E-state index in [1.807, 2.05) is 30.3 Å². The lowest BCUT2D eigenvalue weighted by Gasteiger charge is -2.12. The predicted molar refractivity (Wildman–Crippen MR) is 103 cm³/mol. The first-order valence-corrected chi connectivity index (χ1v) is 9.85. The number of halogens is 1. The van der Waals surface area contributed by atoms with E-state index in [1.54, 1.807) is 0 Å². The zero-order valence-electron chi connectivity index (χ0n) is 13.9. The number of hydrogen-bond donors (Lipinski definition) is 2. The largest absolute Gasteiger partial charge is 0.325 e. The Bertz CT molecular complexity index is 897. The predicted octanol–water partition coefficient (Wildman–Crippen LogP) is 2.38. The number of rotatable bonds is 5. The Morgan fingerprint density at radius 3 is 2.56 bits per heavy atom. The highest BCUT2D eigenvalue weighted by atomic mass is 35.5. The summed E-state index contributed by atoms with van der Waals surface area (Å²) in [7, 11) is -3.12. The molecule has 0 aliphatic heterocycles. The Hall–Kier alpha value is -1.89. The van der Waals surface area contributed by atoms with Crippen LogP contribution in [-0.4, -0.2) is 32.4 Å². The number of benzene rings is 2. The van der Waals surface area contributed by atoms with Crippen LogP contribution in [0.4, 0.5) is 5.69 Å². The summed E-state index contributed by atoms with van der Waals surface area (Å²) in [5.41, 5.74) is 11.3. The van der Waals surface area contributed by atoms with Crippen LogP contribution in [0.3, 0.4) is 0 Å². The van der Waals surface area contributed by atoms with Crippen LogP contribution in [0.5, 0.6) is 0 Å². The van der Waals surface area contributed by atoms with E-state index in [2.05, 4.69) is 17.4 Å². The smallest absolute Gasteiger partial charge is 0.241 e. The molecular weight excluding hydrogens is 360 g/mol. The number of anilines is 1. The van der Waals surface area contributed by atoms with Crippen LogP contribution < -0.4 is 11.1 Å². The Kier molecular flexibility index (Phi) is 5.87. The van der Waals surface area contributed by atoms with Crippen LogP contribution >= 0.6 is 12.4 Å². The van der Waals surface area contributed by atoms with Gasteiger partial charge >= 0.3 is 0 Å². The average molecular weight is 381 g/mol. The second kappa shape index (κ2) is 7.56. The maximum atomic E-state index is 12.1. The third kappa shape index (κ3) is 4.60. The number of sulfone groups is 1. The third-order valence-corrected chi connectivity index (χ3v) is 5.17. The van der Waals surface area contributed by atoms with E-state index in [0.29, 0.717) is 5.69 Å². The number of nitrogens with two attached hydrogens (primary N) is 1. The number of hydrogen-bond acceptors (Lipinski definition) is 4. The van der Waals surface area contributed by atoms with E-state index in [4.69, 9.17) is 5.73 Å². The van der Waals surface area contributed by atoms with Gasteiger partial charge in [-0.15, -0.1) is 12.4 Å². The van der Waals surface area contributed by atoms with Crippen LogP contribution in [-0.2, 0) is 21.1 Å². The molecule has 25 heavy (non-hydrogen) atoms. The van der Waals surface area contributed by atoms with Crippen molar-refractivity contribution >= 4 is 33.8 Å². The standard InChI is InChI=1S/C18H20N2O3S.ClH/c1-24(22,23)9-8-17(19)18(21)20-14-6-7-16-13(11-14)10-12-4-2-3-5-15(12)16;/h2-7,11,17H,8-10,19H2,1H3,(H,20,21);1H. The summed E-state index contributed by atoms with van der Waals surface area (Å²) in [6, 6.07) is 13.2. The molecule has 1 aliphatic rings. The lowest BCUT2D eigenvalue weighted by atomic mass is 10.1. The molecule has 1 amide bonds. The van der Waals surface area contributed by atoms with Gasteiger partial charge in [0.1, 0.15) is 9.84 Å². The molecule has 134 valence electrons. The third-order valence-electron chi connectivity index (χ3n) is 4.20. The summed E-state index contributed by atoms with van der Waals surface area (Å²) in [5, 5.41) is 2.78. The number of fused-ring (bicyclic) bond motifs is 3. The minimum Gasteiger partial charge on any atom is -0.325 e. The van der Waals surface area contributed by atoms with Crippen molar-refractivity contribution in [3.05, 3.63) is 53.6 Å².